The smallest absolute Gasteiger partial charge is 0.458 e. The summed E-state index contributed by atoms with van der Waals surface area (Å²) in [5.74, 6) is -0.994. The molecule has 0 saturated carbocycles. The Bertz CT molecular complexity index is 1010. The van der Waals surface area contributed by atoms with E-state index in [1.165, 1.54) is 18.2 Å². The van der Waals surface area contributed by atoms with Crippen LogP contribution in [0.5, 0.6) is 11.5 Å². The molecule has 0 unspecified atom stereocenters. The minimum Gasteiger partial charge on any atom is -0.458 e. The average Bonchev–Trinajstić information content (AvgIpc) is 2.78. The molecule has 0 heterocycles. The largest absolute Gasteiger partial charge is 0.514 e. The van der Waals surface area contributed by atoms with E-state index in [0.717, 1.165) is 6.42 Å². The average molecular weight is 570 g/mol. The molecule has 0 aliphatic heterocycles. The van der Waals surface area contributed by atoms with E-state index < -0.39 is 53.9 Å². The topological polar surface area (TPSA) is 159 Å². The van der Waals surface area contributed by atoms with Crippen LogP contribution >= 0.6 is 0 Å². The quantitative estimate of drug-likeness (QED) is 0.155. The third-order valence-electron chi connectivity index (χ3n) is 4.90. The third kappa shape index (κ3) is 14.0. The Morgan fingerprint density at radius 1 is 0.800 bits per heavy atom. The van der Waals surface area contributed by atoms with Crippen molar-refractivity contribution in [2.45, 2.75) is 111 Å². The summed E-state index contributed by atoms with van der Waals surface area (Å²) in [5, 5.41) is 0. The number of unbranched alkanes of at least 4 members (excludes halogenated alkanes) is 1. The number of hydrogen-bond acceptors (Lipinski definition) is 12. The van der Waals surface area contributed by atoms with Crippen LogP contribution < -0.4 is 15.2 Å². The van der Waals surface area contributed by atoms with E-state index in [2.05, 4.69) is 0 Å². The van der Waals surface area contributed by atoms with Gasteiger partial charge in [-0.15, -0.1) is 0 Å². The van der Waals surface area contributed by atoms with Gasteiger partial charge in [-0.1, -0.05) is 19.4 Å². The van der Waals surface area contributed by atoms with E-state index in [1.54, 1.807) is 55.4 Å². The van der Waals surface area contributed by atoms with Gasteiger partial charge in [-0.3, -0.25) is 4.79 Å². The minimum absolute atomic E-state index is 0.0166. The van der Waals surface area contributed by atoms with Crippen LogP contribution in [0.2, 0.25) is 0 Å². The molecule has 0 saturated heterocycles. The molecule has 0 aliphatic rings. The molecule has 12 nitrogen and oxygen atoms in total. The van der Waals surface area contributed by atoms with E-state index in [-0.39, 0.29) is 24.5 Å². The highest BCUT2D eigenvalue weighted by molar-refractivity contribution is 5.76. The van der Waals surface area contributed by atoms with Crippen LogP contribution in [0, 0.1) is 0 Å². The van der Waals surface area contributed by atoms with Gasteiger partial charge in [0.25, 0.3) is 0 Å². The lowest BCUT2D eigenvalue weighted by Gasteiger charge is -2.22. The lowest BCUT2D eigenvalue weighted by Crippen LogP contribution is -2.39. The molecule has 0 aromatic heterocycles. The Morgan fingerprint density at radius 2 is 1.32 bits per heavy atom. The number of esters is 1. The maximum Gasteiger partial charge on any atom is 0.514 e. The number of nitrogens with two attached hydrogens (primary N) is 1. The van der Waals surface area contributed by atoms with Gasteiger partial charge < -0.3 is 38.9 Å². The van der Waals surface area contributed by atoms with Crippen molar-refractivity contribution >= 4 is 24.4 Å². The van der Waals surface area contributed by atoms with Gasteiger partial charge in [0.05, 0.1) is 6.61 Å². The molecule has 1 aromatic carbocycles. The molecular weight excluding hydrogens is 526 g/mol. The number of rotatable bonds is 11. The van der Waals surface area contributed by atoms with Crippen LogP contribution in [0.4, 0.5) is 14.4 Å². The normalized spacial score (nSPS) is 13.8. The molecule has 0 aliphatic carbocycles. The van der Waals surface area contributed by atoms with Crippen molar-refractivity contribution in [3.63, 3.8) is 0 Å². The fourth-order valence-electron chi connectivity index (χ4n) is 2.85. The van der Waals surface area contributed by atoms with Crippen molar-refractivity contribution in [2.75, 3.05) is 6.61 Å². The molecule has 0 radical (unpaired) electrons. The molecule has 2 N–H and O–H groups in total. The van der Waals surface area contributed by atoms with Gasteiger partial charge in [-0.05, 0) is 85.9 Å². The van der Waals surface area contributed by atoms with Gasteiger partial charge in [0, 0.05) is 0 Å². The summed E-state index contributed by atoms with van der Waals surface area (Å²) in [4.78, 5) is 48.9. The lowest BCUT2D eigenvalue weighted by atomic mass is 10.1. The number of benzene rings is 1. The molecule has 40 heavy (non-hydrogen) atoms. The first-order valence-electron chi connectivity index (χ1n) is 13.1. The molecule has 1 rings (SSSR count). The van der Waals surface area contributed by atoms with Crippen LogP contribution in [0.3, 0.4) is 0 Å². The van der Waals surface area contributed by atoms with Gasteiger partial charge in [0.15, 0.2) is 11.5 Å². The van der Waals surface area contributed by atoms with Crippen molar-refractivity contribution in [1.29, 1.82) is 0 Å². The molecule has 226 valence electrons. The summed E-state index contributed by atoms with van der Waals surface area (Å²) < 4.78 is 36.3. The zero-order chi connectivity index (χ0) is 30.7. The SMILES string of the molecule is CCCCOC(=O)O[C@@H](C)[C@H](C)OC(=O)[C@@H](N)Cc1ccc(OC(=O)OC(C)(C)C)c(OC(=O)OC(C)(C)C)c1. The van der Waals surface area contributed by atoms with Crippen LogP contribution in [0.15, 0.2) is 18.2 Å². The predicted octanol–water partition coefficient (Wildman–Crippen LogP) is 5.46. The van der Waals surface area contributed by atoms with E-state index in [1.807, 2.05) is 6.92 Å². The summed E-state index contributed by atoms with van der Waals surface area (Å²) in [6.07, 6.45) is -2.90. The predicted molar refractivity (Wildman–Crippen MR) is 144 cm³/mol. The zero-order valence-corrected chi connectivity index (χ0v) is 24.9. The molecule has 0 bridgehead atoms. The van der Waals surface area contributed by atoms with E-state index in [4.69, 9.17) is 38.9 Å². The Morgan fingerprint density at radius 3 is 1.85 bits per heavy atom. The van der Waals surface area contributed by atoms with Gasteiger partial charge in [-0.2, -0.15) is 0 Å². The zero-order valence-electron chi connectivity index (χ0n) is 24.9. The Balaban J connectivity index is 2.93. The highest BCUT2D eigenvalue weighted by Gasteiger charge is 2.27. The second-order valence-corrected chi connectivity index (χ2v) is 11.1. The van der Waals surface area contributed by atoms with Gasteiger partial charge in [0.1, 0.15) is 29.5 Å². The fraction of sp³-hybridized carbons (Fsp3) is 0.643. The fourth-order valence-corrected chi connectivity index (χ4v) is 2.85. The number of carbonyl (C=O) groups excluding carboxylic acids is 4. The van der Waals surface area contributed by atoms with Crippen molar-refractivity contribution in [2.24, 2.45) is 5.73 Å². The molecule has 12 heteroatoms. The maximum absolute atomic E-state index is 12.6. The van der Waals surface area contributed by atoms with E-state index >= 15 is 0 Å². The highest BCUT2D eigenvalue weighted by atomic mass is 16.8. The van der Waals surface area contributed by atoms with Gasteiger partial charge >= 0.3 is 24.4 Å². The van der Waals surface area contributed by atoms with Crippen LogP contribution in [0.1, 0.15) is 80.7 Å². The summed E-state index contributed by atoms with van der Waals surface area (Å²) in [6.45, 7) is 15.3. The standard InChI is InChI=1S/C28H43NO11/c1-10-11-14-34-24(31)36-18(3)17(2)35-23(30)20(29)15-19-12-13-21(37-25(32)39-27(4,5)6)22(16-19)38-26(33)40-28(7,8)9/h12-13,16-18,20H,10-11,14-15,29H2,1-9H3/t17-,18-,20-/m0/s1. The first kappa shape index (κ1) is 34.5. The van der Waals surface area contributed by atoms with Gasteiger partial charge in [-0.25, -0.2) is 14.4 Å². The molecule has 3 atom stereocenters. The molecule has 0 fully saturated rings. The molecule has 1 aromatic rings. The van der Waals surface area contributed by atoms with Crippen molar-refractivity contribution < 1.29 is 52.3 Å². The summed E-state index contributed by atoms with van der Waals surface area (Å²) in [7, 11) is 0. The van der Waals surface area contributed by atoms with E-state index in [9.17, 15) is 19.2 Å². The van der Waals surface area contributed by atoms with Crippen molar-refractivity contribution in [1.82, 2.24) is 0 Å². The first-order chi connectivity index (χ1) is 18.4. The van der Waals surface area contributed by atoms with Crippen LogP contribution in [-0.4, -0.2) is 60.5 Å². The second-order valence-electron chi connectivity index (χ2n) is 11.1. The Kier molecular flexibility index (Phi) is 13.2. The highest BCUT2D eigenvalue weighted by Crippen LogP contribution is 2.31. The van der Waals surface area contributed by atoms with Gasteiger partial charge in [0.2, 0.25) is 0 Å². The summed E-state index contributed by atoms with van der Waals surface area (Å²) >= 11 is 0. The molecule has 0 spiro atoms. The lowest BCUT2D eigenvalue weighted by molar-refractivity contribution is -0.155. The maximum atomic E-state index is 12.6. The van der Waals surface area contributed by atoms with E-state index in [0.29, 0.717) is 12.0 Å². The van der Waals surface area contributed by atoms with Crippen molar-refractivity contribution in [3.8, 4) is 11.5 Å². The van der Waals surface area contributed by atoms with Crippen LogP contribution in [-0.2, 0) is 34.9 Å². The summed E-state index contributed by atoms with van der Waals surface area (Å²) in [5.41, 5.74) is 4.88. The summed E-state index contributed by atoms with van der Waals surface area (Å²) in [6, 6.07) is 3.19. The Labute approximate surface area is 235 Å². The minimum atomic E-state index is -1.11. The number of ether oxygens (including phenoxy) is 7. The van der Waals surface area contributed by atoms with Crippen LogP contribution in [0.25, 0.3) is 0 Å². The Hall–Kier alpha value is -3.54. The van der Waals surface area contributed by atoms with Crippen molar-refractivity contribution in [3.05, 3.63) is 23.8 Å². The second kappa shape index (κ2) is 15.3. The molecular formula is C28H43NO11. The monoisotopic (exact) mass is 569 g/mol. The molecule has 0 amide bonds. The third-order valence-corrected chi connectivity index (χ3v) is 4.90. The number of carbonyl (C=O) groups is 4. The number of hydrogen-bond donors (Lipinski definition) is 1. The first-order valence-corrected chi connectivity index (χ1v) is 13.1.